The molecule has 0 amide bonds. The summed E-state index contributed by atoms with van der Waals surface area (Å²) in [5, 5.41) is 12.9. The Hall–Kier alpha value is -0.340. The smallest absolute Gasteiger partial charge is 0.0715 e. The fraction of sp³-hybridized carbons (Fsp3) is 0.909. The maximum atomic E-state index is 9.58. The Bertz CT molecular complexity index is 268. The Morgan fingerprint density at radius 2 is 1.17 bits per heavy atom. The predicted molar refractivity (Wildman–Crippen MR) is 109 cm³/mol. The maximum Gasteiger partial charge on any atom is 0.0715 e. The Morgan fingerprint density at radius 1 is 0.708 bits per heavy atom. The molecule has 2 N–H and O–H groups in total. The van der Waals surface area contributed by atoms with Crippen LogP contribution in [-0.2, 0) is 0 Å². The van der Waals surface area contributed by atoms with Crippen LogP contribution in [0.3, 0.4) is 0 Å². The van der Waals surface area contributed by atoms with Crippen LogP contribution in [0.4, 0.5) is 0 Å². The minimum atomic E-state index is -0.581. The van der Waals surface area contributed by atoms with Crippen LogP contribution in [0.15, 0.2) is 12.2 Å². The first kappa shape index (κ1) is 23.7. The minimum absolute atomic E-state index is 0.581. The van der Waals surface area contributed by atoms with Crippen LogP contribution in [0.2, 0.25) is 0 Å². The first-order valence-corrected chi connectivity index (χ1v) is 10.6. The van der Waals surface area contributed by atoms with Crippen molar-refractivity contribution in [2.24, 2.45) is 0 Å². The highest BCUT2D eigenvalue weighted by molar-refractivity contribution is 4.81. The lowest BCUT2D eigenvalue weighted by Gasteiger charge is -2.17. The molecule has 0 radical (unpaired) electrons. The van der Waals surface area contributed by atoms with Gasteiger partial charge in [-0.15, -0.1) is 0 Å². The van der Waals surface area contributed by atoms with Gasteiger partial charge < -0.3 is 10.4 Å². The lowest BCUT2D eigenvalue weighted by Crippen LogP contribution is -2.35. The Labute approximate surface area is 152 Å². The zero-order chi connectivity index (χ0) is 17.9. The third-order valence-corrected chi connectivity index (χ3v) is 4.42. The SMILES string of the molecule is CCCCCCCC/C=C\CCCCCCCCNCC(C)(C)O. The van der Waals surface area contributed by atoms with E-state index in [-0.39, 0.29) is 0 Å². The standard InChI is InChI=1S/C22H45NO/c1-4-5-6-7-8-9-10-11-12-13-14-15-16-17-18-19-20-23-21-22(2,3)24/h11-12,23-24H,4-10,13-21H2,1-3H3/b12-11-. The van der Waals surface area contributed by atoms with Crippen molar-refractivity contribution in [2.75, 3.05) is 13.1 Å². The number of rotatable bonds is 18. The molecule has 0 aromatic rings. The Morgan fingerprint density at radius 3 is 1.67 bits per heavy atom. The van der Waals surface area contributed by atoms with Crippen LogP contribution in [-0.4, -0.2) is 23.8 Å². The van der Waals surface area contributed by atoms with Gasteiger partial charge in [0.05, 0.1) is 5.60 Å². The maximum absolute atomic E-state index is 9.58. The Kier molecular flexibility index (Phi) is 17.2. The molecule has 0 unspecified atom stereocenters. The van der Waals surface area contributed by atoms with Gasteiger partial charge in [0.2, 0.25) is 0 Å². The van der Waals surface area contributed by atoms with E-state index in [0.29, 0.717) is 6.54 Å². The van der Waals surface area contributed by atoms with Crippen molar-refractivity contribution in [3.8, 4) is 0 Å². The molecule has 0 aromatic heterocycles. The molecule has 0 bridgehead atoms. The minimum Gasteiger partial charge on any atom is -0.389 e. The average Bonchev–Trinajstić information content (AvgIpc) is 2.52. The van der Waals surface area contributed by atoms with Crippen molar-refractivity contribution < 1.29 is 5.11 Å². The summed E-state index contributed by atoms with van der Waals surface area (Å²) >= 11 is 0. The summed E-state index contributed by atoms with van der Waals surface area (Å²) in [7, 11) is 0. The molecule has 0 aliphatic rings. The second-order valence-corrected chi connectivity index (χ2v) is 7.93. The molecule has 144 valence electrons. The topological polar surface area (TPSA) is 32.3 Å². The summed E-state index contributed by atoms with van der Waals surface area (Å²) in [5.41, 5.74) is -0.581. The highest BCUT2D eigenvalue weighted by atomic mass is 16.3. The molecule has 0 aromatic carbocycles. The van der Waals surface area contributed by atoms with E-state index in [1.807, 2.05) is 13.8 Å². The van der Waals surface area contributed by atoms with Gasteiger partial charge in [0, 0.05) is 6.54 Å². The van der Waals surface area contributed by atoms with E-state index < -0.39 is 5.60 Å². The fourth-order valence-corrected chi connectivity index (χ4v) is 2.89. The molecular weight excluding hydrogens is 294 g/mol. The molecular formula is C22H45NO. The van der Waals surface area contributed by atoms with Crippen LogP contribution in [0.1, 0.15) is 111 Å². The van der Waals surface area contributed by atoms with Crippen molar-refractivity contribution in [3.63, 3.8) is 0 Å². The van der Waals surface area contributed by atoms with Crippen LogP contribution in [0, 0.1) is 0 Å². The van der Waals surface area contributed by atoms with Crippen molar-refractivity contribution in [3.05, 3.63) is 12.2 Å². The molecule has 0 atom stereocenters. The van der Waals surface area contributed by atoms with Crippen LogP contribution in [0.5, 0.6) is 0 Å². The third-order valence-electron chi connectivity index (χ3n) is 4.42. The van der Waals surface area contributed by atoms with Gasteiger partial charge in [-0.2, -0.15) is 0 Å². The molecule has 0 saturated heterocycles. The molecule has 0 spiro atoms. The van der Waals surface area contributed by atoms with E-state index >= 15 is 0 Å². The second-order valence-electron chi connectivity index (χ2n) is 7.93. The third kappa shape index (κ3) is 21.7. The molecule has 0 rings (SSSR count). The summed E-state index contributed by atoms with van der Waals surface area (Å²) in [6.45, 7) is 7.70. The number of unbranched alkanes of at least 4 members (excludes halogenated alkanes) is 12. The normalized spacial score (nSPS) is 12.3. The number of aliphatic hydroxyl groups is 1. The number of hydrogen-bond acceptors (Lipinski definition) is 2. The van der Waals surface area contributed by atoms with E-state index in [4.69, 9.17) is 0 Å². The van der Waals surface area contributed by atoms with Gasteiger partial charge in [0.15, 0.2) is 0 Å². The van der Waals surface area contributed by atoms with Gasteiger partial charge in [-0.05, 0) is 52.5 Å². The van der Waals surface area contributed by atoms with Crippen molar-refractivity contribution in [2.45, 2.75) is 116 Å². The average molecular weight is 340 g/mol. The summed E-state index contributed by atoms with van der Waals surface area (Å²) < 4.78 is 0. The summed E-state index contributed by atoms with van der Waals surface area (Å²) in [6, 6.07) is 0. The van der Waals surface area contributed by atoms with Crippen molar-refractivity contribution in [1.29, 1.82) is 0 Å². The molecule has 2 nitrogen and oxygen atoms in total. The summed E-state index contributed by atoms with van der Waals surface area (Å²) in [6.07, 6.45) is 23.7. The molecule has 24 heavy (non-hydrogen) atoms. The van der Waals surface area contributed by atoms with Gasteiger partial charge in [0.25, 0.3) is 0 Å². The second kappa shape index (κ2) is 17.5. The summed E-state index contributed by atoms with van der Waals surface area (Å²) in [5.74, 6) is 0. The molecule has 2 heteroatoms. The van der Waals surface area contributed by atoms with E-state index in [0.717, 1.165) is 6.54 Å². The number of hydrogen-bond donors (Lipinski definition) is 2. The first-order chi connectivity index (χ1) is 11.6. The zero-order valence-electron chi connectivity index (χ0n) is 16.9. The van der Waals surface area contributed by atoms with Crippen molar-refractivity contribution in [1.82, 2.24) is 5.32 Å². The van der Waals surface area contributed by atoms with Crippen molar-refractivity contribution >= 4 is 0 Å². The number of allylic oxidation sites excluding steroid dienone is 2. The predicted octanol–water partition coefficient (Wildman–Crippen LogP) is 6.38. The van der Waals surface area contributed by atoms with Gasteiger partial charge >= 0.3 is 0 Å². The van der Waals surface area contributed by atoms with E-state index in [1.54, 1.807) is 0 Å². The monoisotopic (exact) mass is 339 g/mol. The molecule has 0 heterocycles. The molecule has 0 aliphatic carbocycles. The molecule has 0 saturated carbocycles. The van der Waals surface area contributed by atoms with Gasteiger partial charge in [-0.1, -0.05) is 76.9 Å². The lowest BCUT2D eigenvalue weighted by molar-refractivity contribution is 0.0799. The van der Waals surface area contributed by atoms with Crippen LogP contribution in [0.25, 0.3) is 0 Å². The highest BCUT2D eigenvalue weighted by Gasteiger charge is 2.10. The van der Waals surface area contributed by atoms with Crippen LogP contribution >= 0.6 is 0 Å². The fourth-order valence-electron chi connectivity index (χ4n) is 2.89. The van der Waals surface area contributed by atoms with E-state index in [2.05, 4.69) is 24.4 Å². The lowest BCUT2D eigenvalue weighted by atomic mass is 10.1. The largest absolute Gasteiger partial charge is 0.389 e. The van der Waals surface area contributed by atoms with Crippen LogP contribution < -0.4 is 5.32 Å². The zero-order valence-corrected chi connectivity index (χ0v) is 16.9. The van der Waals surface area contributed by atoms with E-state index in [9.17, 15) is 5.11 Å². The van der Waals surface area contributed by atoms with Gasteiger partial charge in [-0.25, -0.2) is 0 Å². The van der Waals surface area contributed by atoms with Gasteiger partial charge in [0.1, 0.15) is 0 Å². The van der Waals surface area contributed by atoms with Gasteiger partial charge in [-0.3, -0.25) is 0 Å². The van der Waals surface area contributed by atoms with E-state index in [1.165, 1.54) is 89.9 Å². The summed E-state index contributed by atoms with van der Waals surface area (Å²) in [4.78, 5) is 0. The number of nitrogens with one attached hydrogen (secondary N) is 1. The molecule has 0 fully saturated rings. The highest BCUT2D eigenvalue weighted by Crippen LogP contribution is 2.09. The first-order valence-electron chi connectivity index (χ1n) is 10.6. The Balaban J connectivity index is 3.10. The quantitative estimate of drug-likeness (QED) is 0.224. The molecule has 0 aliphatic heterocycles.